The quantitative estimate of drug-likeness (QED) is 0.481. The van der Waals surface area contributed by atoms with Crippen molar-refractivity contribution < 1.29 is 9.84 Å². The smallest absolute Gasteiger partial charge is 0.226 e. The van der Waals surface area contributed by atoms with Gasteiger partial charge in [0.25, 0.3) is 0 Å². The zero-order valence-electron chi connectivity index (χ0n) is 18.2. The molecule has 1 aromatic carbocycles. The van der Waals surface area contributed by atoms with Crippen molar-refractivity contribution in [1.82, 2.24) is 24.4 Å². The van der Waals surface area contributed by atoms with Gasteiger partial charge in [-0.05, 0) is 38.0 Å². The average Bonchev–Trinajstić information content (AvgIpc) is 3.20. The molecule has 0 spiro atoms. The van der Waals surface area contributed by atoms with Gasteiger partial charge in [-0.25, -0.2) is 4.98 Å². The van der Waals surface area contributed by atoms with Crippen molar-refractivity contribution in [1.29, 1.82) is 0 Å². The molecule has 1 aliphatic heterocycles. The molecule has 166 valence electrons. The van der Waals surface area contributed by atoms with Gasteiger partial charge in [0.15, 0.2) is 17.0 Å². The minimum absolute atomic E-state index is 0.256. The van der Waals surface area contributed by atoms with Crippen LogP contribution in [0.3, 0.4) is 0 Å². The maximum atomic E-state index is 9.45. The molecule has 0 aliphatic carbocycles. The number of hydrogen-bond donors (Lipinski definition) is 3. The van der Waals surface area contributed by atoms with E-state index in [2.05, 4.69) is 38.9 Å². The summed E-state index contributed by atoms with van der Waals surface area (Å²) in [6, 6.07) is 7.53. The summed E-state index contributed by atoms with van der Waals surface area (Å²) < 4.78 is 7.48. The molecule has 0 unspecified atom stereocenters. The summed E-state index contributed by atoms with van der Waals surface area (Å²) in [4.78, 5) is 16.4. The minimum Gasteiger partial charge on any atom is -0.508 e. The standard InChI is InChI=1S/C22H31N7O2/c1-16(2)29-15-25-19-20(23-8-7-17-3-5-18(30)6-4-17)26-22(27-21(19)29)24-9-10-28-11-13-31-14-12-28/h3-6,15-16,30H,7-14H2,1-2H3,(H2,23,24,26,27). The van der Waals surface area contributed by atoms with E-state index in [4.69, 9.17) is 14.7 Å². The first kappa shape index (κ1) is 21.3. The number of hydrogen-bond acceptors (Lipinski definition) is 8. The molecule has 3 heterocycles. The predicted molar refractivity (Wildman–Crippen MR) is 122 cm³/mol. The SMILES string of the molecule is CC(C)n1cnc2c(NCCc3ccc(O)cc3)nc(NCCN3CCOCC3)nc21. The molecule has 9 heteroatoms. The maximum Gasteiger partial charge on any atom is 0.226 e. The molecule has 0 bridgehead atoms. The summed E-state index contributed by atoms with van der Waals surface area (Å²) in [5.41, 5.74) is 2.75. The first-order valence-electron chi connectivity index (χ1n) is 10.9. The van der Waals surface area contributed by atoms with E-state index in [9.17, 15) is 5.11 Å². The Hall–Kier alpha value is -2.91. The second kappa shape index (κ2) is 9.93. The average molecular weight is 426 g/mol. The van der Waals surface area contributed by atoms with Gasteiger partial charge in [-0.3, -0.25) is 4.90 Å². The Bertz CT molecular complexity index is 981. The molecule has 4 rings (SSSR count). The highest BCUT2D eigenvalue weighted by molar-refractivity contribution is 5.84. The van der Waals surface area contributed by atoms with E-state index in [0.717, 1.165) is 68.4 Å². The normalized spacial score (nSPS) is 14.9. The molecule has 1 fully saturated rings. The number of benzene rings is 1. The van der Waals surface area contributed by atoms with Crippen molar-refractivity contribution in [3.05, 3.63) is 36.2 Å². The van der Waals surface area contributed by atoms with Gasteiger partial charge in [-0.15, -0.1) is 0 Å². The lowest BCUT2D eigenvalue weighted by Crippen LogP contribution is -2.39. The molecule has 0 amide bonds. The van der Waals surface area contributed by atoms with Crippen molar-refractivity contribution in [3.63, 3.8) is 0 Å². The van der Waals surface area contributed by atoms with E-state index in [0.29, 0.717) is 12.5 Å². The number of imidazole rings is 1. The molecule has 0 atom stereocenters. The first-order valence-corrected chi connectivity index (χ1v) is 10.9. The highest BCUT2D eigenvalue weighted by Crippen LogP contribution is 2.23. The van der Waals surface area contributed by atoms with Gasteiger partial charge in [0.05, 0.1) is 19.5 Å². The van der Waals surface area contributed by atoms with Crippen molar-refractivity contribution >= 4 is 22.9 Å². The van der Waals surface area contributed by atoms with Crippen LogP contribution >= 0.6 is 0 Å². The highest BCUT2D eigenvalue weighted by Gasteiger charge is 2.15. The number of nitrogens with one attached hydrogen (secondary N) is 2. The van der Waals surface area contributed by atoms with Gasteiger partial charge >= 0.3 is 0 Å². The number of phenols is 1. The summed E-state index contributed by atoms with van der Waals surface area (Å²) >= 11 is 0. The molecule has 0 saturated carbocycles. The predicted octanol–water partition coefficient (Wildman–Crippen LogP) is 2.51. The fourth-order valence-corrected chi connectivity index (χ4v) is 3.64. The van der Waals surface area contributed by atoms with E-state index in [-0.39, 0.29) is 11.8 Å². The molecule has 2 aromatic heterocycles. The van der Waals surface area contributed by atoms with Gasteiger partial charge in [0.2, 0.25) is 5.95 Å². The van der Waals surface area contributed by atoms with Gasteiger partial charge in [0.1, 0.15) is 5.75 Å². The number of phenolic OH excluding ortho intramolecular Hbond substituents is 1. The number of nitrogens with zero attached hydrogens (tertiary/aromatic N) is 5. The van der Waals surface area contributed by atoms with E-state index in [1.165, 1.54) is 0 Å². The van der Waals surface area contributed by atoms with Crippen molar-refractivity contribution in [2.75, 3.05) is 56.6 Å². The summed E-state index contributed by atoms with van der Waals surface area (Å²) in [5, 5.41) is 16.3. The highest BCUT2D eigenvalue weighted by atomic mass is 16.5. The third-order valence-electron chi connectivity index (χ3n) is 5.44. The summed E-state index contributed by atoms with van der Waals surface area (Å²) in [7, 11) is 0. The van der Waals surface area contributed by atoms with E-state index in [1.807, 2.05) is 18.5 Å². The molecule has 31 heavy (non-hydrogen) atoms. The summed E-state index contributed by atoms with van der Waals surface area (Å²) in [6.07, 6.45) is 2.64. The van der Waals surface area contributed by atoms with Gasteiger partial charge in [-0.1, -0.05) is 12.1 Å². The maximum absolute atomic E-state index is 9.45. The van der Waals surface area contributed by atoms with Crippen LogP contribution in [0.15, 0.2) is 30.6 Å². The summed E-state index contributed by atoms with van der Waals surface area (Å²) in [6.45, 7) is 10.2. The number of ether oxygens (including phenoxy) is 1. The van der Waals surface area contributed by atoms with Crippen molar-refractivity contribution in [3.8, 4) is 5.75 Å². The largest absolute Gasteiger partial charge is 0.508 e. The van der Waals surface area contributed by atoms with Crippen LogP contribution in [0.4, 0.5) is 11.8 Å². The van der Waals surface area contributed by atoms with Gasteiger partial charge in [0, 0.05) is 38.8 Å². The van der Waals surface area contributed by atoms with E-state index >= 15 is 0 Å². The van der Waals surface area contributed by atoms with Crippen LogP contribution in [0, 0.1) is 0 Å². The molecule has 1 aliphatic rings. The zero-order valence-corrected chi connectivity index (χ0v) is 18.2. The van der Waals surface area contributed by atoms with Crippen LogP contribution in [0.2, 0.25) is 0 Å². The lowest BCUT2D eigenvalue weighted by molar-refractivity contribution is 0.0398. The molecule has 0 radical (unpaired) electrons. The topological polar surface area (TPSA) is 100 Å². The summed E-state index contributed by atoms with van der Waals surface area (Å²) in [5.74, 6) is 1.62. The van der Waals surface area contributed by atoms with Crippen LogP contribution in [0.5, 0.6) is 5.75 Å². The first-order chi connectivity index (χ1) is 15.1. The van der Waals surface area contributed by atoms with Crippen LogP contribution in [-0.2, 0) is 11.2 Å². The third kappa shape index (κ3) is 5.42. The number of anilines is 2. The molecular weight excluding hydrogens is 394 g/mol. The van der Waals surface area contributed by atoms with Crippen LogP contribution in [-0.4, -0.2) is 75.5 Å². The molecule has 1 saturated heterocycles. The van der Waals surface area contributed by atoms with Crippen LogP contribution in [0.25, 0.3) is 11.2 Å². The second-order valence-electron chi connectivity index (χ2n) is 8.04. The Morgan fingerprint density at radius 3 is 2.58 bits per heavy atom. The van der Waals surface area contributed by atoms with E-state index < -0.39 is 0 Å². The number of aromatic hydroxyl groups is 1. The second-order valence-corrected chi connectivity index (χ2v) is 8.04. The Morgan fingerprint density at radius 2 is 1.84 bits per heavy atom. The number of aromatic nitrogens is 4. The van der Waals surface area contributed by atoms with Gasteiger partial charge < -0.3 is 25.0 Å². The number of morpholine rings is 1. The monoisotopic (exact) mass is 425 g/mol. The fourth-order valence-electron chi connectivity index (χ4n) is 3.64. The minimum atomic E-state index is 0.256. The molecule has 3 aromatic rings. The Labute approximate surface area is 182 Å². The Balaban J connectivity index is 1.46. The molecule has 9 nitrogen and oxygen atoms in total. The van der Waals surface area contributed by atoms with Crippen molar-refractivity contribution in [2.24, 2.45) is 0 Å². The lowest BCUT2D eigenvalue weighted by Gasteiger charge is -2.26. The Morgan fingerprint density at radius 1 is 1.06 bits per heavy atom. The van der Waals surface area contributed by atoms with Gasteiger partial charge in [-0.2, -0.15) is 9.97 Å². The molecule has 3 N–H and O–H groups in total. The lowest BCUT2D eigenvalue weighted by atomic mass is 10.1. The fraction of sp³-hybridized carbons (Fsp3) is 0.500. The Kier molecular flexibility index (Phi) is 6.83. The van der Waals surface area contributed by atoms with Crippen molar-refractivity contribution in [2.45, 2.75) is 26.3 Å². The van der Waals surface area contributed by atoms with E-state index in [1.54, 1.807) is 12.1 Å². The van der Waals surface area contributed by atoms with Crippen LogP contribution in [0.1, 0.15) is 25.5 Å². The third-order valence-corrected chi connectivity index (χ3v) is 5.44. The zero-order chi connectivity index (χ0) is 21.6. The number of fused-ring (bicyclic) bond motifs is 1. The van der Waals surface area contributed by atoms with Crippen LogP contribution < -0.4 is 10.6 Å². The molecular formula is C22H31N7O2. The number of rotatable bonds is 9.